The van der Waals surface area contributed by atoms with Crippen molar-refractivity contribution in [1.29, 1.82) is 0 Å². The molecule has 1 heterocycles. The molecule has 3 nitrogen and oxygen atoms in total. The number of para-hydroxylation sites is 1. The van der Waals surface area contributed by atoms with Crippen molar-refractivity contribution in [1.82, 2.24) is 0 Å². The van der Waals surface area contributed by atoms with Crippen LogP contribution in [0.3, 0.4) is 0 Å². The van der Waals surface area contributed by atoms with E-state index in [-0.39, 0.29) is 0 Å². The quantitative estimate of drug-likeness (QED) is 0.664. The zero-order chi connectivity index (χ0) is 12.7. The lowest BCUT2D eigenvalue weighted by Crippen LogP contribution is -2.45. The highest BCUT2D eigenvalue weighted by Gasteiger charge is 2.36. The fourth-order valence-corrected chi connectivity index (χ4v) is 1.94. The summed E-state index contributed by atoms with van der Waals surface area (Å²) in [4.78, 5) is 0. The third-order valence-electron chi connectivity index (χ3n) is 3.42. The zero-order valence-corrected chi connectivity index (χ0v) is 11.1. The highest BCUT2D eigenvalue weighted by atomic mass is 16.5. The van der Waals surface area contributed by atoms with E-state index in [9.17, 15) is 0 Å². The molecule has 0 N–H and O–H groups in total. The molecule has 1 aromatic carbocycles. The maximum absolute atomic E-state index is 5.71. The average molecular weight is 250 g/mol. The molecule has 18 heavy (non-hydrogen) atoms. The van der Waals surface area contributed by atoms with E-state index in [0.717, 1.165) is 45.0 Å². The minimum atomic E-state index is 0.292. The first kappa shape index (κ1) is 13.4. The van der Waals surface area contributed by atoms with Crippen molar-refractivity contribution in [3.05, 3.63) is 30.3 Å². The Hall–Kier alpha value is -1.06. The normalized spacial score (nSPS) is 17.2. The van der Waals surface area contributed by atoms with Crippen LogP contribution in [0.2, 0.25) is 0 Å². The molecule has 1 saturated heterocycles. The summed E-state index contributed by atoms with van der Waals surface area (Å²) >= 11 is 0. The van der Waals surface area contributed by atoms with Gasteiger partial charge < -0.3 is 14.2 Å². The summed E-state index contributed by atoms with van der Waals surface area (Å²) in [6.45, 7) is 6.18. The first-order valence-electron chi connectivity index (χ1n) is 6.68. The van der Waals surface area contributed by atoms with Gasteiger partial charge in [-0.15, -0.1) is 0 Å². The summed E-state index contributed by atoms with van der Waals surface area (Å²) in [5.74, 6) is 0.926. The minimum absolute atomic E-state index is 0.292. The van der Waals surface area contributed by atoms with E-state index in [4.69, 9.17) is 14.2 Å². The Kier molecular flexibility index (Phi) is 5.02. The Balaban J connectivity index is 1.51. The lowest BCUT2D eigenvalue weighted by Gasteiger charge is -2.40. The van der Waals surface area contributed by atoms with Gasteiger partial charge >= 0.3 is 0 Å². The molecule has 1 aromatic rings. The van der Waals surface area contributed by atoms with Crippen LogP contribution in [-0.4, -0.2) is 33.0 Å². The molecule has 0 amide bonds. The predicted molar refractivity (Wildman–Crippen MR) is 70.9 cm³/mol. The van der Waals surface area contributed by atoms with Crippen molar-refractivity contribution in [3.8, 4) is 5.75 Å². The standard InChI is InChI=1S/C15H22O3/c1-2-15(12-17-13-15)11-16-9-6-10-18-14-7-4-3-5-8-14/h3-5,7-8H,2,6,9-13H2,1H3. The highest BCUT2D eigenvalue weighted by molar-refractivity contribution is 5.20. The second-order valence-electron chi connectivity index (χ2n) is 4.91. The Bertz CT molecular complexity index is 327. The van der Waals surface area contributed by atoms with Crippen LogP contribution in [0.15, 0.2) is 30.3 Å². The molecule has 2 rings (SSSR count). The zero-order valence-electron chi connectivity index (χ0n) is 11.1. The summed E-state index contributed by atoms with van der Waals surface area (Å²) in [6.07, 6.45) is 2.06. The topological polar surface area (TPSA) is 27.7 Å². The summed E-state index contributed by atoms with van der Waals surface area (Å²) in [5, 5.41) is 0. The van der Waals surface area contributed by atoms with E-state index in [1.54, 1.807) is 0 Å². The van der Waals surface area contributed by atoms with Crippen LogP contribution in [0.5, 0.6) is 5.75 Å². The van der Waals surface area contributed by atoms with Crippen molar-refractivity contribution in [3.63, 3.8) is 0 Å². The maximum Gasteiger partial charge on any atom is 0.119 e. The van der Waals surface area contributed by atoms with Gasteiger partial charge in [0.1, 0.15) is 5.75 Å². The number of hydrogen-bond acceptors (Lipinski definition) is 3. The molecule has 0 aliphatic carbocycles. The molecule has 1 aliphatic rings. The summed E-state index contributed by atoms with van der Waals surface area (Å²) in [5.41, 5.74) is 0.292. The fourth-order valence-electron chi connectivity index (χ4n) is 1.94. The van der Waals surface area contributed by atoms with Crippen LogP contribution in [-0.2, 0) is 9.47 Å². The third-order valence-corrected chi connectivity index (χ3v) is 3.42. The second-order valence-corrected chi connectivity index (χ2v) is 4.91. The lowest BCUT2D eigenvalue weighted by atomic mass is 9.84. The van der Waals surface area contributed by atoms with Crippen LogP contribution in [0, 0.1) is 5.41 Å². The van der Waals surface area contributed by atoms with E-state index in [1.807, 2.05) is 30.3 Å². The van der Waals surface area contributed by atoms with Crippen LogP contribution in [0.25, 0.3) is 0 Å². The first-order chi connectivity index (χ1) is 8.85. The molecule has 0 spiro atoms. The molecule has 1 fully saturated rings. The lowest BCUT2D eigenvalue weighted by molar-refractivity contribution is -0.150. The molecular formula is C15H22O3. The molecular weight excluding hydrogens is 228 g/mol. The van der Waals surface area contributed by atoms with E-state index in [1.165, 1.54) is 0 Å². The van der Waals surface area contributed by atoms with Crippen LogP contribution >= 0.6 is 0 Å². The van der Waals surface area contributed by atoms with Gasteiger partial charge in [-0.2, -0.15) is 0 Å². The van der Waals surface area contributed by atoms with Gasteiger partial charge in [0.15, 0.2) is 0 Å². The van der Waals surface area contributed by atoms with E-state index >= 15 is 0 Å². The van der Waals surface area contributed by atoms with Gasteiger partial charge in [0, 0.05) is 18.4 Å². The summed E-state index contributed by atoms with van der Waals surface area (Å²) in [6, 6.07) is 9.89. The maximum atomic E-state index is 5.71. The van der Waals surface area contributed by atoms with Crippen LogP contribution in [0.4, 0.5) is 0 Å². The van der Waals surface area contributed by atoms with Gasteiger partial charge in [-0.3, -0.25) is 0 Å². The molecule has 3 heteroatoms. The predicted octanol–water partition coefficient (Wildman–Crippen LogP) is 2.90. The number of benzene rings is 1. The first-order valence-corrected chi connectivity index (χ1v) is 6.68. The summed E-state index contributed by atoms with van der Waals surface area (Å²) < 4.78 is 16.6. The SMILES string of the molecule is CCC1(COCCCOc2ccccc2)COC1. The number of rotatable bonds is 8. The smallest absolute Gasteiger partial charge is 0.119 e. The average Bonchev–Trinajstić information content (AvgIpc) is 2.37. The van der Waals surface area contributed by atoms with Crippen molar-refractivity contribution in [2.24, 2.45) is 5.41 Å². The summed E-state index contributed by atoms with van der Waals surface area (Å²) in [7, 11) is 0. The van der Waals surface area contributed by atoms with E-state index in [0.29, 0.717) is 12.0 Å². The van der Waals surface area contributed by atoms with E-state index < -0.39 is 0 Å². The van der Waals surface area contributed by atoms with Crippen LogP contribution < -0.4 is 4.74 Å². The molecule has 0 bridgehead atoms. The van der Waals surface area contributed by atoms with Gasteiger partial charge in [0.2, 0.25) is 0 Å². The van der Waals surface area contributed by atoms with Crippen molar-refractivity contribution < 1.29 is 14.2 Å². The Morgan fingerprint density at radius 3 is 2.56 bits per heavy atom. The molecule has 0 atom stereocenters. The highest BCUT2D eigenvalue weighted by Crippen LogP contribution is 2.31. The fraction of sp³-hybridized carbons (Fsp3) is 0.600. The molecule has 0 saturated carbocycles. The Labute approximate surface area is 109 Å². The Morgan fingerprint density at radius 2 is 1.94 bits per heavy atom. The van der Waals surface area contributed by atoms with Gasteiger partial charge in [-0.05, 0) is 18.6 Å². The molecule has 1 aliphatic heterocycles. The monoisotopic (exact) mass is 250 g/mol. The minimum Gasteiger partial charge on any atom is -0.494 e. The second kappa shape index (κ2) is 6.76. The molecule has 0 unspecified atom stereocenters. The Morgan fingerprint density at radius 1 is 1.17 bits per heavy atom. The molecule has 0 radical (unpaired) electrons. The van der Waals surface area contributed by atoms with Gasteiger partial charge in [-0.25, -0.2) is 0 Å². The van der Waals surface area contributed by atoms with Gasteiger partial charge in [-0.1, -0.05) is 25.1 Å². The largest absolute Gasteiger partial charge is 0.494 e. The van der Waals surface area contributed by atoms with Gasteiger partial charge in [0.05, 0.1) is 26.4 Å². The molecule has 0 aromatic heterocycles. The molecule has 100 valence electrons. The third kappa shape index (κ3) is 3.72. The van der Waals surface area contributed by atoms with Gasteiger partial charge in [0.25, 0.3) is 0 Å². The van der Waals surface area contributed by atoms with E-state index in [2.05, 4.69) is 6.92 Å². The van der Waals surface area contributed by atoms with Crippen LogP contribution in [0.1, 0.15) is 19.8 Å². The number of hydrogen-bond donors (Lipinski definition) is 0. The van der Waals surface area contributed by atoms with Crippen molar-refractivity contribution >= 4 is 0 Å². The number of ether oxygens (including phenoxy) is 3. The van der Waals surface area contributed by atoms with Crippen molar-refractivity contribution in [2.75, 3.05) is 33.0 Å². The van der Waals surface area contributed by atoms with Crippen molar-refractivity contribution in [2.45, 2.75) is 19.8 Å².